The van der Waals surface area contributed by atoms with E-state index >= 15 is 0 Å². The molecule has 1 aliphatic heterocycles. The summed E-state index contributed by atoms with van der Waals surface area (Å²) in [4.78, 5) is 14.3. The number of ether oxygens (including phenoxy) is 1. The van der Waals surface area contributed by atoms with Gasteiger partial charge in [0.1, 0.15) is 12.4 Å². The van der Waals surface area contributed by atoms with Gasteiger partial charge in [-0.25, -0.2) is 14.4 Å². The zero-order valence-electron chi connectivity index (χ0n) is 13.9. The molecule has 0 radical (unpaired) electrons. The van der Waals surface area contributed by atoms with Crippen molar-refractivity contribution in [1.29, 1.82) is 5.26 Å². The SMILES string of the molecule is CN1CCCCC1=Nc1nc(OCc2cccc(C#N)c2)ncc1F. The molecular weight excluding hydrogens is 321 g/mol. The average Bonchev–Trinajstić information content (AvgIpc) is 2.64. The van der Waals surface area contributed by atoms with Crippen molar-refractivity contribution in [2.24, 2.45) is 4.99 Å². The fourth-order valence-corrected chi connectivity index (χ4v) is 2.58. The summed E-state index contributed by atoms with van der Waals surface area (Å²) in [5, 5.41) is 8.92. The van der Waals surface area contributed by atoms with Gasteiger partial charge in [-0.15, -0.1) is 0 Å². The third-order valence-electron chi connectivity index (χ3n) is 3.95. The van der Waals surface area contributed by atoms with Gasteiger partial charge in [0.05, 0.1) is 17.8 Å². The molecule has 2 aromatic rings. The van der Waals surface area contributed by atoms with Crippen LogP contribution in [-0.2, 0) is 6.61 Å². The van der Waals surface area contributed by atoms with E-state index in [1.807, 2.05) is 18.0 Å². The summed E-state index contributed by atoms with van der Waals surface area (Å²) < 4.78 is 19.5. The zero-order chi connectivity index (χ0) is 17.6. The standard InChI is InChI=1S/C18H18FN5O/c1-24-8-3-2-7-16(24)22-17-15(19)11-21-18(23-17)25-12-14-6-4-5-13(9-14)10-20/h4-6,9,11H,2-3,7-8,12H2,1H3. The van der Waals surface area contributed by atoms with E-state index in [4.69, 9.17) is 10.00 Å². The summed E-state index contributed by atoms with van der Waals surface area (Å²) >= 11 is 0. The van der Waals surface area contributed by atoms with Crippen LogP contribution in [0.3, 0.4) is 0 Å². The summed E-state index contributed by atoms with van der Waals surface area (Å²) in [6.07, 6.45) is 4.01. The molecule has 0 N–H and O–H groups in total. The third kappa shape index (κ3) is 4.29. The van der Waals surface area contributed by atoms with E-state index in [9.17, 15) is 4.39 Å². The van der Waals surface area contributed by atoms with Crippen molar-refractivity contribution in [3.63, 3.8) is 0 Å². The lowest BCUT2D eigenvalue weighted by atomic mass is 10.1. The van der Waals surface area contributed by atoms with Crippen molar-refractivity contribution >= 4 is 11.7 Å². The lowest BCUT2D eigenvalue weighted by molar-refractivity contribution is 0.279. The molecule has 128 valence electrons. The monoisotopic (exact) mass is 339 g/mol. The van der Waals surface area contributed by atoms with E-state index in [1.54, 1.807) is 18.2 Å². The van der Waals surface area contributed by atoms with E-state index < -0.39 is 5.82 Å². The highest BCUT2D eigenvalue weighted by atomic mass is 19.1. The molecular formula is C18H18FN5O. The predicted octanol–water partition coefficient (Wildman–Crippen LogP) is 3.21. The molecule has 1 aromatic carbocycles. The number of halogens is 1. The Balaban J connectivity index is 1.75. The maximum absolute atomic E-state index is 14.0. The van der Waals surface area contributed by atoms with E-state index in [0.29, 0.717) is 5.56 Å². The number of benzene rings is 1. The van der Waals surface area contributed by atoms with E-state index in [-0.39, 0.29) is 18.4 Å². The number of rotatable bonds is 4. The normalized spacial score (nSPS) is 15.9. The fourth-order valence-electron chi connectivity index (χ4n) is 2.58. The van der Waals surface area contributed by atoms with Crippen LogP contribution in [0, 0.1) is 17.1 Å². The number of hydrogen-bond acceptors (Lipinski definition) is 5. The smallest absolute Gasteiger partial charge is 0.318 e. The van der Waals surface area contributed by atoms with Gasteiger partial charge in [0.25, 0.3) is 0 Å². The fraction of sp³-hybridized carbons (Fsp3) is 0.333. The Morgan fingerprint density at radius 2 is 2.28 bits per heavy atom. The van der Waals surface area contributed by atoms with Crippen molar-refractivity contribution < 1.29 is 9.13 Å². The van der Waals surface area contributed by atoms with E-state index in [0.717, 1.165) is 43.4 Å². The molecule has 0 aliphatic carbocycles. The average molecular weight is 339 g/mol. The summed E-state index contributed by atoms with van der Waals surface area (Å²) in [6.45, 7) is 1.10. The number of hydrogen-bond donors (Lipinski definition) is 0. The highest BCUT2D eigenvalue weighted by Crippen LogP contribution is 2.20. The van der Waals surface area contributed by atoms with Crippen LogP contribution >= 0.6 is 0 Å². The minimum atomic E-state index is -0.578. The number of aliphatic imine (C=N–C) groups is 1. The molecule has 0 atom stereocenters. The van der Waals surface area contributed by atoms with Gasteiger partial charge in [-0.3, -0.25) is 0 Å². The minimum Gasteiger partial charge on any atom is -0.459 e. The van der Waals surface area contributed by atoms with Crippen LogP contribution in [0.2, 0.25) is 0 Å². The topological polar surface area (TPSA) is 74.4 Å². The maximum Gasteiger partial charge on any atom is 0.318 e. The molecule has 1 aliphatic rings. The second kappa shape index (κ2) is 7.71. The molecule has 3 rings (SSSR count). The Labute approximate surface area is 145 Å². The molecule has 0 unspecified atom stereocenters. The Bertz CT molecular complexity index is 830. The first-order valence-electron chi connectivity index (χ1n) is 8.09. The highest BCUT2D eigenvalue weighted by Gasteiger charge is 2.15. The summed E-state index contributed by atoms with van der Waals surface area (Å²) in [6, 6.07) is 9.18. The first-order valence-corrected chi connectivity index (χ1v) is 8.09. The van der Waals surface area contributed by atoms with Crippen LogP contribution in [0.5, 0.6) is 6.01 Å². The summed E-state index contributed by atoms with van der Waals surface area (Å²) in [5.41, 5.74) is 1.36. The van der Waals surface area contributed by atoms with Crippen LogP contribution in [0.4, 0.5) is 10.2 Å². The number of nitrogens with zero attached hydrogens (tertiary/aromatic N) is 5. The summed E-state index contributed by atoms with van der Waals surface area (Å²) in [5.74, 6) is 0.223. The van der Waals surface area contributed by atoms with Gasteiger partial charge < -0.3 is 9.64 Å². The van der Waals surface area contributed by atoms with Crippen LogP contribution in [-0.4, -0.2) is 34.3 Å². The van der Waals surface area contributed by atoms with Crippen LogP contribution < -0.4 is 4.74 Å². The summed E-state index contributed by atoms with van der Waals surface area (Å²) in [7, 11) is 1.94. The molecule has 0 saturated carbocycles. The highest BCUT2D eigenvalue weighted by molar-refractivity contribution is 5.84. The Morgan fingerprint density at radius 1 is 1.40 bits per heavy atom. The molecule has 1 saturated heterocycles. The second-order valence-electron chi connectivity index (χ2n) is 5.83. The molecule has 25 heavy (non-hydrogen) atoms. The number of amidine groups is 1. The number of likely N-dealkylation sites (tertiary alicyclic amines) is 1. The van der Waals surface area contributed by atoms with Crippen LogP contribution in [0.25, 0.3) is 0 Å². The van der Waals surface area contributed by atoms with Gasteiger partial charge >= 0.3 is 6.01 Å². The minimum absolute atomic E-state index is 0.0143. The Morgan fingerprint density at radius 3 is 3.08 bits per heavy atom. The molecule has 2 heterocycles. The first-order chi connectivity index (χ1) is 12.2. The third-order valence-corrected chi connectivity index (χ3v) is 3.95. The van der Waals surface area contributed by atoms with Crippen molar-refractivity contribution in [1.82, 2.24) is 14.9 Å². The molecule has 1 aromatic heterocycles. The van der Waals surface area contributed by atoms with Crippen LogP contribution in [0.15, 0.2) is 35.5 Å². The number of piperidine rings is 1. The van der Waals surface area contributed by atoms with Gasteiger partial charge in [0, 0.05) is 20.0 Å². The first kappa shape index (κ1) is 16.8. The van der Waals surface area contributed by atoms with Crippen molar-refractivity contribution in [2.45, 2.75) is 25.9 Å². The number of aromatic nitrogens is 2. The molecule has 1 fully saturated rings. The van der Waals surface area contributed by atoms with Gasteiger partial charge in [-0.1, -0.05) is 12.1 Å². The lowest BCUT2D eigenvalue weighted by Gasteiger charge is -2.25. The molecule has 0 amide bonds. The van der Waals surface area contributed by atoms with Crippen molar-refractivity contribution in [3.8, 4) is 12.1 Å². The lowest BCUT2D eigenvalue weighted by Crippen LogP contribution is -2.31. The van der Waals surface area contributed by atoms with Gasteiger partial charge in [-0.05, 0) is 30.5 Å². The predicted molar refractivity (Wildman–Crippen MR) is 91.1 cm³/mol. The van der Waals surface area contributed by atoms with Crippen molar-refractivity contribution in [2.75, 3.05) is 13.6 Å². The molecule has 7 heteroatoms. The molecule has 6 nitrogen and oxygen atoms in total. The molecule has 0 spiro atoms. The Hall–Kier alpha value is -3.01. The van der Waals surface area contributed by atoms with E-state index in [1.165, 1.54) is 0 Å². The largest absolute Gasteiger partial charge is 0.459 e. The number of nitriles is 1. The maximum atomic E-state index is 14.0. The zero-order valence-corrected chi connectivity index (χ0v) is 13.9. The van der Waals surface area contributed by atoms with E-state index in [2.05, 4.69) is 21.0 Å². The Kier molecular flexibility index (Phi) is 5.19. The quantitative estimate of drug-likeness (QED) is 0.855. The van der Waals surface area contributed by atoms with Gasteiger partial charge in [0.15, 0.2) is 11.6 Å². The van der Waals surface area contributed by atoms with Crippen molar-refractivity contribution in [3.05, 3.63) is 47.4 Å². The van der Waals surface area contributed by atoms with Gasteiger partial charge in [-0.2, -0.15) is 10.2 Å². The molecule has 0 bridgehead atoms. The van der Waals surface area contributed by atoms with Crippen LogP contribution in [0.1, 0.15) is 30.4 Å². The second-order valence-corrected chi connectivity index (χ2v) is 5.83. The van der Waals surface area contributed by atoms with Gasteiger partial charge in [0.2, 0.25) is 0 Å².